The van der Waals surface area contributed by atoms with E-state index in [9.17, 15) is 9.59 Å². The molecule has 0 amide bonds. The minimum absolute atomic E-state index is 0.133. The highest BCUT2D eigenvalue weighted by atomic mass is 35.5. The van der Waals surface area contributed by atoms with Gasteiger partial charge in [-0.3, -0.25) is 9.59 Å². The van der Waals surface area contributed by atoms with E-state index in [0.29, 0.717) is 31.8 Å². The Morgan fingerprint density at radius 1 is 0.800 bits per heavy atom. The Labute approximate surface area is 171 Å². The lowest BCUT2D eigenvalue weighted by atomic mass is 10.1. The molecule has 3 nitrogen and oxygen atoms in total. The van der Waals surface area contributed by atoms with Crippen molar-refractivity contribution in [2.45, 2.75) is 4.90 Å². The SMILES string of the molecule is O=C1C(=C2Sc3c(cc(Cl)c(Cl)c3Cl)C2=O)Nc2c(Cl)cc(Cl)cc21. The average molecular weight is 452 g/mol. The van der Waals surface area contributed by atoms with Crippen molar-refractivity contribution in [2.24, 2.45) is 0 Å². The number of benzene rings is 2. The van der Waals surface area contributed by atoms with Crippen LogP contribution < -0.4 is 5.32 Å². The first-order chi connectivity index (χ1) is 11.8. The van der Waals surface area contributed by atoms with E-state index >= 15 is 0 Å². The molecule has 0 fully saturated rings. The molecule has 126 valence electrons. The van der Waals surface area contributed by atoms with Crippen LogP contribution in [0.25, 0.3) is 0 Å². The number of ketones is 2. The molecule has 0 aliphatic carbocycles. The maximum atomic E-state index is 12.8. The van der Waals surface area contributed by atoms with Crippen LogP contribution in [-0.2, 0) is 0 Å². The maximum absolute atomic E-state index is 12.8. The molecule has 0 radical (unpaired) electrons. The number of allylic oxidation sites excluding steroid dienone is 2. The number of hydrogen-bond donors (Lipinski definition) is 1. The summed E-state index contributed by atoms with van der Waals surface area (Å²) in [4.78, 5) is 26.2. The number of halogens is 5. The van der Waals surface area contributed by atoms with Gasteiger partial charge in [0.2, 0.25) is 11.6 Å². The second-order valence-electron chi connectivity index (χ2n) is 5.26. The molecule has 2 heterocycles. The van der Waals surface area contributed by atoms with E-state index < -0.39 is 0 Å². The molecule has 0 atom stereocenters. The summed E-state index contributed by atoms with van der Waals surface area (Å²) in [6, 6.07) is 4.47. The van der Waals surface area contributed by atoms with Gasteiger partial charge in [0.05, 0.1) is 36.2 Å². The maximum Gasteiger partial charge on any atom is 0.212 e. The Balaban J connectivity index is 1.87. The van der Waals surface area contributed by atoms with Gasteiger partial charge in [-0.05, 0) is 18.2 Å². The van der Waals surface area contributed by atoms with Crippen molar-refractivity contribution in [1.29, 1.82) is 0 Å². The summed E-state index contributed by atoms with van der Waals surface area (Å²) < 4.78 is 0. The number of thioether (sulfide) groups is 1. The first-order valence-corrected chi connectivity index (χ1v) is 9.45. The Kier molecular flexibility index (Phi) is 4.27. The standard InChI is InChI=1S/C16H4Cl5NO2S/c17-4-1-5-11(8(19)2-4)22-12(13(5)23)16-14(24)6-3-7(18)9(20)10(21)15(6)25-16/h1-3,22H. The fourth-order valence-electron chi connectivity index (χ4n) is 2.64. The molecule has 0 spiro atoms. The zero-order chi connectivity index (χ0) is 18.0. The predicted molar refractivity (Wildman–Crippen MR) is 103 cm³/mol. The molecule has 1 N–H and O–H groups in total. The van der Waals surface area contributed by atoms with Crippen LogP contribution in [0.1, 0.15) is 20.7 Å². The minimum Gasteiger partial charge on any atom is -0.349 e. The highest BCUT2D eigenvalue weighted by molar-refractivity contribution is 8.05. The number of fused-ring (bicyclic) bond motifs is 2. The quantitative estimate of drug-likeness (QED) is 0.355. The highest BCUT2D eigenvalue weighted by Gasteiger charge is 2.38. The third-order valence-corrected chi connectivity index (χ3v) is 6.89. The molecule has 2 aromatic carbocycles. The Morgan fingerprint density at radius 2 is 1.52 bits per heavy atom. The molecule has 9 heteroatoms. The summed E-state index contributed by atoms with van der Waals surface area (Å²) in [7, 11) is 0. The molecule has 2 aliphatic heterocycles. The van der Waals surface area contributed by atoms with E-state index in [1.165, 1.54) is 18.2 Å². The van der Waals surface area contributed by atoms with Crippen LogP contribution in [0.2, 0.25) is 25.1 Å². The number of rotatable bonds is 0. The van der Waals surface area contributed by atoms with Gasteiger partial charge in [-0.15, -0.1) is 0 Å². The fourth-order valence-corrected chi connectivity index (χ4v) is 5.06. The van der Waals surface area contributed by atoms with Gasteiger partial charge < -0.3 is 5.32 Å². The molecular weight excluding hydrogens is 448 g/mol. The van der Waals surface area contributed by atoms with Gasteiger partial charge in [0.1, 0.15) is 5.70 Å². The van der Waals surface area contributed by atoms with E-state index in [1.807, 2.05) is 0 Å². The van der Waals surface area contributed by atoms with Gasteiger partial charge in [-0.25, -0.2) is 0 Å². The van der Waals surface area contributed by atoms with E-state index in [4.69, 9.17) is 58.0 Å². The number of anilines is 1. The number of hydrogen-bond acceptors (Lipinski definition) is 4. The Morgan fingerprint density at radius 3 is 2.24 bits per heavy atom. The molecular formula is C16H4Cl5NO2S. The summed E-state index contributed by atoms with van der Waals surface area (Å²) >= 11 is 31.4. The zero-order valence-corrected chi connectivity index (χ0v) is 16.4. The summed E-state index contributed by atoms with van der Waals surface area (Å²) in [5.74, 6) is -0.720. The summed E-state index contributed by atoms with van der Waals surface area (Å²) in [5, 5.41) is 4.08. The van der Waals surface area contributed by atoms with Crippen molar-refractivity contribution in [3.8, 4) is 0 Å². The number of nitrogens with one attached hydrogen (secondary N) is 1. The lowest BCUT2D eigenvalue weighted by molar-refractivity contribution is 0.101. The molecule has 2 aliphatic rings. The van der Waals surface area contributed by atoms with Crippen molar-refractivity contribution in [2.75, 3.05) is 5.32 Å². The molecule has 0 aromatic heterocycles. The Bertz CT molecular complexity index is 1050. The molecule has 0 bridgehead atoms. The zero-order valence-electron chi connectivity index (χ0n) is 11.8. The summed E-state index contributed by atoms with van der Waals surface area (Å²) in [6.45, 7) is 0. The predicted octanol–water partition coefficient (Wildman–Crippen LogP) is 6.76. The minimum atomic E-state index is -0.364. The van der Waals surface area contributed by atoms with E-state index in [2.05, 4.69) is 5.32 Å². The molecule has 0 unspecified atom stereocenters. The van der Waals surface area contributed by atoms with Crippen LogP contribution in [0.3, 0.4) is 0 Å². The lowest BCUT2D eigenvalue weighted by Gasteiger charge is -2.04. The van der Waals surface area contributed by atoms with Gasteiger partial charge in [0, 0.05) is 15.5 Å². The van der Waals surface area contributed by atoms with E-state index in [-0.39, 0.29) is 37.2 Å². The first kappa shape index (κ1) is 17.5. The molecule has 0 saturated carbocycles. The number of carbonyl (C=O) groups excluding carboxylic acids is 2. The highest BCUT2D eigenvalue weighted by Crippen LogP contribution is 2.51. The smallest absolute Gasteiger partial charge is 0.212 e. The number of carbonyl (C=O) groups is 2. The lowest BCUT2D eigenvalue weighted by Crippen LogP contribution is -2.07. The van der Waals surface area contributed by atoms with Gasteiger partial charge in [0.15, 0.2) is 0 Å². The van der Waals surface area contributed by atoms with Crippen molar-refractivity contribution < 1.29 is 9.59 Å². The molecule has 0 saturated heterocycles. The van der Waals surface area contributed by atoms with Gasteiger partial charge >= 0.3 is 0 Å². The van der Waals surface area contributed by atoms with Crippen LogP contribution in [0.4, 0.5) is 5.69 Å². The average Bonchev–Trinajstić information content (AvgIpc) is 3.05. The third kappa shape index (κ3) is 2.59. The van der Waals surface area contributed by atoms with Gasteiger partial charge in [-0.2, -0.15) is 0 Å². The van der Waals surface area contributed by atoms with Crippen molar-refractivity contribution in [3.05, 3.63) is 65.0 Å². The summed E-state index contributed by atoms with van der Waals surface area (Å²) in [6.07, 6.45) is 0. The largest absolute Gasteiger partial charge is 0.349 e. The van der Waals surface area contributed by atoms with Crippen molar-refractivity contribution in [1.82, 2.24) is 0 Å². The van der Waals surface area contributed by atoms with Crippen LogP contribution >= 0.6 is 69.8 Å². The topological polar surface area (TPSA) is 46.2 Å². The van der Waals surface area contributed by atoms with Crippen LogP contribution in [0.5, 0.6) is 0 Å². The van der Waals surface area contributed by atoms with Crippen molar-refractivity contribution >= 4 is 87.0 Å². The molecule has 4 rings (SSSR count). The third-order valence-electron chi connectivity index (χ3n) is 3.78. The van der Waals surface area contributed by atoms with Gasteiger partial charge in [-0.1, -0.05) is 69.8 Å². The van der Waals surface area contributed by atoms with Crippen LogP contribution in [0.15, 0.2) is 33.7 Å². The van der Waals surface area contributed by atoms with Crippen LogP contribution in [-0.4, -0.2) is 11.6 Å². The second kappa shape index (κ2) is 6.08. The normalized spacial score (nSPS) is 18.4. The van der Waals surface area contributed by atoms with Gasteiger partial charge in [0.25, 0.3) is 0 Å². The van der Waals surface area contributed by atoms with Crippen LogP contribution in [0, 0.1) is 0 Å². The first-order valence-electron chi connectivity index (χ1n) is 6.74. The van der Waals surface area contributed by atoms with Crippen molar-refractivity contribution in [3.63, 3.8) is 0 Å². The molecule has 2 aromatic rings. The fraction of sp³-hybridized carbons (Fsp3) is 0. The number of Topliss-reactive ketones (excluding diaryl/α,β-unsaturated/α-hetero) is 2. The Hall–Kier alpha value is -0.880. The summed E-state index contributed by atoms with van der Waals surface area (Å²) in [5.41, 5.74) is 1.17. The monoisotopic (exact) mass is 449 g/mol. The molecule has 25 heavy (non-hydrogen) atoms. The van der Waals surface area contributed by atoms with E-state index in [1.54, 1.807) is 0 Å². The van der Waals surface area contributed by atoms with E-state index in [0.717, 1.165) is 11.8 Å². The second-order valence-corrected chi connectivity index (χ2v) is 8.29.